The molecule has 1 aliphatic rings. The number of likely N-dealkylation sites (tertiary alicyclic amines) is 1. The molecule has 0 radical (unpaired) electrons. The Balaban J connectivity index is 1.61. The van der Waals surface area contributed by atoms with E-state index in [0.717, 1.165) is 11.1 Å². The SMILES string of the molecule is COc1ccc(C(=O)N2C[C@@H](C(=O)NCc3ccc(F)cc3)[C@H](c3cccc(OC)c3OC)C2)cc1. The highest BCUT2D eigenvalue weighted by Crippen LogP contribution is 2.42. The summed E-state index contributed by atoms with van der Waals surface area (Å²) in [5.74, 6) is 0.223. The quantitative estimate of drug-likeness (QED) is 0.514. The normalized spacial score (nSPS) is 16.9. The molecule has 188 valence electrons. The molecule has 0 unspecified atom stereocenters. The number of hydrogen-bond acceptors (Lipinski definition) is 5. The Kier molecular flexibility index (Phi) is 7.73. The van der Waals surface area contributed by atoms with Crippen molar-refractivity contribution in [3.63, 3.8) is 0 Å². The van der Waals surface area contributed by atoms with Crippen molar-refractivity contribution >= 4 is 11.8 Å². The van der Waals surface area contributed by atoms with Gasteiger partial charge in [-0.2, -0.15) is 0 Å². The third kappa shape index (κ3) is 5.27. The zero-order valence-electron chi connectivity index (χ0n) is 20.5. The van der Waals surface area contributed by atoms with Crippen molar-refractivity contribution in [2.45, 2.75) is 12.5 Å². The summed E-state index contributed by atoms with van der Waals surface area (Å²) in [6, 6.07) is 18.4. The van der Waals surface area contributed by atoms with Crippen molar-refractivity contribution in [3.05, 3.63) is 89.2 Å². The molecule has 1 saturated heterocycles. The summed E-state index contributed by atoms with van der Waals surface area (Å²) in [7, 11) is 4.68. The molecule has 2 atom stereocenters. The monoisotopic (exact) mass is 492 g/mol. The van der Waals surface area contributed by atoms with Crippen LogP contribution in [-0.4, -0.2) is 51.1 Å². The van der Waals surface area contributed by atoms with Crippen LogP contribution in [0.25, 0.3) is 0 Å². The summed E-state index contributed by atoms with van der Waals surface area (Å²) in [5.41, 5.74) is 2.09. The van der Waals surface area contributed by atoms with Gasteiger partial charge in [0.25, 0.3) is 5.91 Å². The molecule has 2 amide bonds. The maximum absolute atomic E-state index is 13.4. The zero-order valence-corrected chi connectivity index (χ0v) is 20.5. The van der Waals surface area contributed by atoms with Crippen LogP contribution in [0.15, 0.2) is 66.7 Å². The van der Waals surface area contributed by atoms with Crippen molar-refractivity contribution in [2.24, 2.45) is 5.92 Å². The first-order valence-corrected chi connectivity index (χ1v) is 11.6. The maximum atomic E-state index is 13.4. The van der Waals surface area contributed by atoms with E-state index in [1.165, 1.54) is 12.1 Å². The van der Waals surface area contributed by atoms with Gasteiger partial charge in [-0.1, -0.05) is 24.3 Å². The summed E-state index contributed by atoms with van der Waals surface area (Å²) in [6.45, 7) is 0.832. The summed E-state index contributed by atoms with van der Waals surface area (Å²) < 4.78 is 29.5. The molecule has 1 heterocycles. The number of para-hydroxylation sites is 1. The summed E-state index contributed by atoms with van der Waals surface area (Å²) in [6.07, 6.45) is 0. The molecule has 0 saturated carbocycles. The van der Waals surface area contributed by atoms with Gasteiger partial charge in [-0.3, -0.25) is 9.59 Å². The van der Waals surface area contributed by atoms with E-state index in [1.54, 1.807) is 68.7 Å². The summed E-state index contributed by atoms with van der Waals surface area (Å²) >= 11 is 0. The Labute approximate surface area is 209 Å². The number of carbonyl (C=O) groups excluding carboxylic acids is 2. The molecule has 7 nitrogen and oxygen atoms in total. The molecular formula is C28H29FN2O5. The van der Waals surface area contributed by atoms with Gasteiger partial charge >= 0.3 is 0 Å². The fraction of sp³-hybridized carbons (Fsp3) is 0.286. The molecule has 0 aliphatic carbocycles. The zero-order chi connectivity index (χ0) is 25.7. The first kappa shape index (κ1) is 25.0. The van der Waals surface area contributed by atoms with Gasteiger partial charge in [-0.25, -0.2) is 4.39 Å². The van der Waals surface area contributed by atoms with Crippen molar-refractivity contribution in [1.29, 1.82) is 0 Å². The topological polar surface area (TPSA) is 77.1 Å². The van der Waals surface area contributed by atoms with E-state index in [-0.39, 0.29) is 36.6 Å². The predicted molar refractivity (Wildman–Crippen MR) is 133 cm³/mol. The Bertz CT molecular complexity index is 1210. The molecule has 0 bridgehead atoms. The van der Waals surface area contributed by atoms with E-state index in [0.29, 0.717) is 29.4 Å². The number of amides is 2. The van der Waals surface area contributed by atoms with Crippen LogP contribution in [0.5, 0.6) is 17.2 Å². The molecule has 3 aromatic rings. The minimum absolute atomic E-state index is 0.168. The lowest BCUT2D eigenvalue weighted by atomic mass is 9.87. The van der Waals surface area contributed by atoms with Gasteiger partial charge in [0.1, 0.15) is 11.6 Å². The second-order valence-corrected chi connectivity index (χ2v) is 8.58. The number of halogens is 1. The number of nitrogens with one attached hydrogen (secondary N) is 1. The highest BCUT2D eigenvalue weighted by atomic mass is 19.1. The number of nitrogens with zero attached hydrogens (tertiary/aromatic N) is 1. The van der Waals surface area contributed by atoms with Gasteiger partial charge in [0.2, 0.25) is 5.91 Å². The fourth-order valence-electron chi connectivity index (χ4n) is 4.59. The molecule has 3 aromatic carbocycles. The van der Waals surface area contributed by atoms with Crippen molar-refractivity contribution in [3.8, 4) is 17.2 Å². The summed E-state index contributed by atoms with van der Waals surface area (Å²) in [4.78, 5) is 28.4. The van der Waals surface area contributed by atoms with E-state index in [4.69, 9.17) is 14.2 Å². The van der Waals surface area contributed by atoms with Gasteiger partial charge in [0.15, 0.2) is 11.5 Å². The molecular weight excluding hydrogens is 463 g/mol. The van der Waals surface area contributed by atoms with Crippen LogP contribution in [0.4, 0.5) is 4.39 Å². The molecule has 1 fully saturated rings. The first-order chi connectivity index (χ1) is 17.4. The van der Waals surface area contributed by atoms with Gasteiger partial charge in [-0.05, 0) is 48.0 Å². The van der Waals surface area contributed by atoms with Gasteiger partial charge in [-0.15, -0.1) is 0 Å². The maximum Gasteiger partial charge on any atom is 0.253 e. The second kappa shape index (κ2) is 11.1. The smallest absolute Gasteiger partial charge is 0.253 e. The van der Waals surface area contributed by atoms with E-state index in [9.17, 15) is 14.0 Å². The average molecular weight is 493 g/mol. The molecule has 8 heteroatoms. The van der Waals surface area contributed by atoms with Crippen molar-refractivity contribution in [1.82, 2.24) is 10.2 Å². The van der Waals surface area contributed by atoms with E-state index >= 15 is 0 Å². The fourth-order valence-corrected chi connectivity index (χ4v) is 4.59. The Morgan fingerprint density at radius 2 is 1.64 bits per heavy atom. The summed E-state index contributed by atoms with van der Waals surface area (Å²) in [5, 5.41) is 2.95. The minimum Gasteiger partial charge on any atom is -0.497 e. The Morgan fingerprint density at radius 3 is 2.28 bits per heavy atom. The van der Waals surface area contributed by atoms with Crippen LogP contribution in [0, 0.1) is 11.7 Å². The minimum atomic E-state index is -0.520. The number of methoxy groups -OCH3 is 3. The number of ether oxygens (including phenoxy) is 3. The average Bonchev–Trinajstić information content (AvgIpc) is 3.37. The van der Waals surface area contributed by atoms with Crippen molar-refractivity contribution in [2.75, 3.05) is 34.4 Å². The number of carbonyl (C=O) groups is 2. The molecule has 0 aromatic heterocycles. The van der Waals surface area contributed by atoms with Crippen LogP contribution in [0.2, 0.25) is 0 Å². The third-order valence-corrected chi connectivity index (χ3v) is 6.49. The molecule has 1 N–H and O–H groups in total. The Morgan fingerprint density at radius 1 is 0.917 bits per heavy atom. The van der Waals surface area contributed by atoms with Crippen LogP contribution >= 0.6 is 0 Å². The van der Waals surface area contributed by atoms with Gasteiger partial charge in [0, 0.05) is 36.7 Å². The highest BCUT2D eigenvalue weighted by Gasteiger charge is 2.42. The standard InChI is InChI=1S/C28H29FN2O5/c1-34-21-13-9-19(10-14-21)28(33)31-16-23(22-5-4-6-25(35-2)26(22)36-3)24(17-31)27(32)30-15-18-7-11-20(29)12-8-18/h4-14,23-24H,15-17H2,1-3H3,(H,30,32)/t23-,24+/m0/s1. The lowest BCUT2D eigenvalue weighted by Gasteiger charge is -2.21. The third-order valence-electron chi connectivity index (χ3n) is 6.49. The van der Waals surface area contributed by atoms with E-state index in [2.05, 4.69) is 5.32 Å². The van der Waals surface area contributed by atoms with Crippen molar-refractivity contribution < 1.29 is 28.2 Å². The Hall–Kier alpha value is -4.07. The van der Waals surface area contributed by atoms with Crippen LogP contribution in [-0.2, 0) is 11.3 Å². The molecule has 0 spiro atoms. The molecule has 1 aliphatic heterocycles. The lowest BCUT2D eigenvalue weighted by molar-refractivity contribution is -0.125. The van der Waals surface area contributed by atoms with E-state index < -0.39 is 5.92 Å². The number of hydrogen-bond donors (Lipinski definition) is 1. The first-order valence-electron chi connectivity index (χ1n) is 11.6. The van der Waals surface area contributed by atoms with Crippen LogP contribution < -0.4 is 19.5 Å². The van der Waals surface area contributed by atoms with E-state index in [1.807, 2.05) is 12.1 Å². The van der Waals surface area contributed by atoms with Gasteiger partial charge < -0.3 is 24.4 Å². The van der Waals surface area contributed by atoms with Crippen LogP contribution in [0.3, 0.4) is 0 Å². The van der Waals surface area contributed by atoms with Crippen LogP contribution in [0.1, 0.15) is 27.4 Å². The number of benzene rings is 3. The molecule has 36 heavy (non-hydrogen) atoms. The second-order valence-electron chi connectivity index (χ2n) is 8.58. The lowest BCUT2D eigenvalue weighted by Crippen LogP contribution is -2.35. The number of rotatable bonds is 8. The highest BCUT2D eigenvalue weighted by molar-refractivity contribution is 5.95. The largest absolute Gasteiger partial charge is 0.497 e. The predicted octanol–water partition coefficient (Wildman–Crippen LogP) is 4.02. The molecule has 4 rings (SSSR count). The van der Waals surface area contributed by atoms with Gasteiger partial charge in [0.05, 0.1) is 27.2 Å².